The molecule has 0 spiro atoms. The molecule has 96 valence electrons. The summed E-state index contributed by atoms with van der Waals surface area (Å²) in [5.74, 6) is 0.885. The zero-order valence-corrected chi connectivity index (χ0v) is 11.1. The van der Waals surface area contributed by atoms with Gasteiger partial charge in [-0.2, -0.15) is 5.10 Å². The van der Waals surface area contributed by atoms with Crippen molar-refractivity contribution in [1.82, 2.24) is 15.1 Å². The van der Waals surface area contributed by atoms with E-state index in [-0.39, 0.29) is 0 Å². The van der Waals surface area contributed by atoms with E-state index in [1.54, 1.807) is 0 Å². The van der Waals surface area contributed by atoms with Crippen LogP contribution in [0, 0.1) is 0 Å². The van der Waals surface area contributed by atoms with Crippen LogP contribution in [-0.2, 0) is 13.6 Å². The molecule has 1 aromatic heterocycles. The molecule has 1 aromatic carbocycles. The van der Waals surface area contributed by atoms with Crippen molar-refractivity contribution in [2.24, 2.45) is 7.05 Å². The Balaban J connectivity index is 2.37. The van der Waals surface area contributed by atoms with Gasteiger partial charge in [-0.25, -0.2) is 0 Å². The SMILES string of the molecule is CCOc1cccc(-c2nn(C)cc2CNC)c1. The topological polar surface area (TPSA) is 39.1 Å². The molecular weight excluding hydrogens is 226 g/mol. The molecule has 0 unspecified atom stereocenters. The highest BCUT2D eigenvalue weighted by atomic mass is 16.5. The van der Waals surface area contributed by atoms with Gasteiger partial charge >= 0.3 is 0 Å². The molecule has 1 N–H and O–H groups in total. The number of hydrogen-bond donors (Lipinski definition) is 1. The first-order chi connectivity index (χ1) is 8.74. The minimum Gasteiger partial charge on any atom is -0.494 e. The Bertz CT molecular complexity index is 520. The monoisotopic (exact) mass is 245 g/mol. The van der Waals surface area contributed by atoms with Gasteiger partial charge in [0.1, 0.15) is 5.75 Å². The first-order valence-electron chi connectivity index (χ1n) is 6.15. The van der Waals surface area contributed by atoms with Gasteiger partial charge in [0.05, 0.1) is 12.3 Å². The van der Waals surface area contributed by atoms with Gasteiger partial charge in [0.25, 0.3) is 0 Å². The highest BCUT2D eigenvalue weighted by Gasteiger charge is 2.10. The normalized spacial score (nSPS) is 10.6. The molecule has 1 heterocycles. The molecule has 2 rings (SSSR count). The van der Waals surface area contributed by atoms with Gasteiger partial charge in [-0.3, -0.25) is 4.68 Å². The molecule has 0 fully saturated rings. The van der Waals surface area contributed by atoms with Crippen molar-refractivity contribution in [3.63, 3.8) is 0 Å². The fourth-order valence-corrected chi connectivity index (χ4v) is 2.00. The third kappa shape index (κ3) is 2.71. The van der Waals surface area contributed by atoms with Crippen LogP contribution in [0.5, 0.6) is 5.75 Å². The molecule has 0 saturated carbocycles. The van der Waals surface area contributed by atoms with Gasteiger partial charge in [-0.15, -0.1) is 0 Å². The third-order valence-electron chi connectivity index (χ3n) is 2.69. The molecule has 4 nitrogen and oxygen atoms in total. The summed E-state index contributed by atoms with van der Waals surface area (Å²) >= 11 is 0. The zero-order chi connectivity index (χ0) is 13.0. The Morgan fingerprint density at radius 3 is 2.94 bits per heavy atom. The van der Waals surface area contributed by atoms with Gasteiger partial charge < -0.3 is 10.1 Å². The second-order valence-electron chi connectivity index (χ2n) is 4.17. The molecular formula is C14H19N3O. The lowest BCUT2D eigenvalue weighted by molar-refractivity contribution is 0.340. The Labute approximate surface area is 108 Å². The second kappa shape index (κ2) is 5.69. The average Bonchev–Trinajstić information content (AvgIpc) is 2.72. The Hall–Kier alpha value is -1.81. The first-order valence-corrected chi connectivity index (χ1v) is 6.15. The third-order valence-corrected chi connectivity index (χ3v) is 2.69. The number of ether oxygens (including phenoxy) is 1. The average molecular weight is 245 g/mol. The summed E-state index contributed by atoms with van der Waals surface area (Å²) in [6, 6.07) is 8.06. The van der Waals surface area contributed by atoms with Crippen molar-refractivity contribution in [3.05, 3.63) is 36.0 Å². The molecule has 2 aromatic rings. The van der Waals surface area contributed by atoms with Crippen LogP contribution in [0.15, 0.2) is 30.5 Å². The van der Waals surface area contributed by atoms with Gasteiger partial charge in [-0.05, 0) is 26.1 Å². The van der Waals surface area contributed by atoms with E-state index in [0.717, 1.165) is 23.6 Å². The minimum absolute atomic E-state index is 0.676. The van der Waals surface area contributed by atoms with E-state index in [1.165, 1.54) is 5.56 Å². The summed E-state index contributed by atoms with van der Waals surface area (Å²) in [4.78, 5) is 0. The lowest BCUT2D eigenvalue weighted by Gasteiger charge is -2.06. The summed E-state index contributed by atoms with van der Waals surface area (Å²) < 4.78 is 7.37. The van der Waals surface area contributed by atoms with Crippen molar-refractivity contribution in [1.29, 1.82) is 0 Å². The molecule has 0 atom stereocenters. The predicted octanol–water partition coefficient (Wildman–Crippen LogP) is 2.21. The number of aromatic nitrogens is 2. The molecule has 0 aliphatic carbocycles. The van der Waals surface area contributed by atoms with Gasteiger partial charge in [0.15, 0.2) is 0 Å². The highest BCUT2D eigenvalue weighted by molar-refractivity contribution is 5.64. The van der Waals surface area contributed by atoms with Crippen LogP contribution >= 0.6 is 0 Å². The van der Waals surface area contributed by atoms with Crippen LogP contribution in [0.2, 0.25) is 0 Å². The molecule has 0 bridgehead atoms. The number of nitrogens with zero attached hydrogens (tertiary/aromatic N) is 2. The largest absolute Gasteiger partial charge is 0.494 e. The number of rotatable bonds is 5. The quantitative estimate of drug-likeness (QED) is 0.877. The Morgan fingerprint density at radius 1 is 1.39 bits per heavy atom. The summed E-state index contributed by atoms with van der Waals surface area (Å²) in [6.45, 7) is 3.47. The maximum Gasteiger partial charge on any atom is 0.119 e. The fourth-order valence-electron chi connectivity index (χ4n) is 2.00. The molecule has 0 amide bonds. The number of nitrogens with one attached hydrogen (secondary N) is 1. The lowest BCUT2D eigenvalue weighted by Crippen LogP contribution is -2.05. The van der Waals surface area contributed by atoms with Crippen molar-refractivity contribution >= 4 is 0 Å². The molecule has 0 aliphatic rings. The van der Waals surface area contributed by atoms with Crippen molar-refractivity contribution < 1.29 is 4.74 Å². The molecule has 0 radical (unpaired) electrons. The van der Waals surface area contributed by atoms with Gasteiger partial charge in [0, 0.05) is 30.9 Å². The van der Waals surface area contributed by atoms with Gasteiger partial charge in [0.2, 0.25) is 0 Å². The lowest BCUT2D eigenvalue weighted by atomic mass is 10.1. The molecule has 0 aliphatic heterocycles. The summed E-state index contributed by atoms with van der Waals surface area (Å²) in [5.41, 5.74) is 3.29. The van der Waals surface area contributed by atoms with E-state index in [9.17, 15) is 0 Å². The number of hydrogen-bond acceptors (Lipinski definition) is 3. The highest BCUT2D eigenvalue weighted by Crippen LogP contribution is 2.25. The van der Waals surface area contributed by atoms with E-state index in [0.29, 0.717) is 6.61 Å². The van der Waals surface area contributed by atoms with E-state index in [1.807, 2.05) is 50.1 Å². The summed E-state index contributed by atoms with van der Waals surface area (Å²) in [7, 11) is 3.88. The number of aryl methyl sites for hydroxylation is 1. The van der Waals surface area contributed by atoms with Gasteiger partial charge in [-0.1, -0.05) is 12.1 Å². The van der Waals surface area contributed by atoms with Crippen LogP contribution in [0.3, 0.4) is 0 Å². The predicted molar refractivity (Wildman–Crippen MR) is 72.6 cm³/mol. The van der Waals surface area contributed by atoms with Crippen molar-refractivity contribution in [2.45, 2.75) is 13.5 Å². The standard InChI is InChI=1S/C14H19N3O/c1-4-18-13-7-5-6-11(8-13)14-12(9-15-2)10-17(3)16-14/h5-8,10,15H,4,9H2,1-3H3. The molecule has 4 heteroatoms. The summed E-state index contributed by atoms with van der Waals surface area (Å²) in [5, 5.41) is 7.68. The Kier molecular flexibility index (Phi) is 3.99. The van der Waals surface area contributed by atoms with Crippen LogP contribution in [0.1, 0.15) is 12.5 Å². The fraction of sp³-hybridized carbons (Fsp3) is 0.357. The number of benzene rings is 1. The van der Waals surface area contributed by atoms with E-state index >= 15 is 0 Å². The zero-order valence-electron chi connectivity index (χ0n) is 11.1. The van der Waals surface area contributed by atoms with E-state index in [4.69, 9.17) is 4.74 Å². The maximum atomic E-state index is 5.52. The second-order valence-corrected chi connectivity index (χ2v) is 4.17. The first kappa shape index (κ1) is 12.6. The van der Waals surface area contributed by atoms with Crippen LogP contribution in [0.25, 0.3) is 11.3 Å². The maximum absolute atomic E-state index is 5.52. The van der Waals surface area contributed by atoms with Crippen LogP contribution in [-0.4, -0.2) is 23.4 Å². The smallest absolute Gasteiger partial charge is 0.119 e. The van der Waals surface area contributed by atoms with Crippen LogP contribution in [0.4, 0.5) is 0 Å². The summed E-state index contributed by atoms with van der Waals surface area (Å²) in [6.07, 6.45) is 2.04. The molecule has 18 heavy (non-hydrogen) atoms. The minimum atomic E-state index is 0.676. The van der Waals surface area contributed by atoms with Crippen molar-refractivity contribution in [3.8, 4) is 17.0 Å². The van der Waals surface area contributed by atoms with Crippen molar-refractivity contribution in [2.75, 3.05) is 13.7 Å². The Morgan fingerprint density at radius 2 is 2.22 bits per heavy atom. The van der Waals surface area contributed by atoms with Crippen LogP contribution < -0.4 is 10.1 Å². The van der Waals surface area contributed by atoms with E-state index < -0.39 is 0 Å². The van der Waals surface area contributed by atoms with E-state index in [2.05, 4.69) is 16.5 Å². The molecule has 0 saturated heterocycles.